The van der Waals surface area contributed by atoms with Gasteiger partial charge in [0.25, 0.3) is 11.8 Å². The van der Waals surface area contributed by atoms with Crippen LogP contribution in [0.1, 0.15) is 16.1 Å². The summed E-state index contributed by atoms with van der Waals surface area (Å²) in [7, 11) is 0. The lowest BCUT2D eigenvalue weighted by Crippen LogP contribution is -2.34. The zero-order valence-electron chi connectivity index (χ0n) is 11.2. The van der Waals surface area contributed by atoms with E-state index in [0.717, 1.165) is 6.07 Å². The van der Waals surface area contributed by atoms with Gasteiger partial charge >= 0.3 is 0 Å². The van der Waals surface area contributed by atoms with Crippen molar-refractivity contribution in [1.29, 1.82) is 0 Å². The van der Waals surface area contributed by atoms with Gasteiger partial charge in [0.15, 0.2) is 3.77 Å². The highest BCUT2D eigenvalue weighted by Crippen LogP contribution is 2.07. The van der Waals surface area contributed by atoms with Gasteiger partial charge in [-0.05, 0) is 52.9 Å². The van der Waals surface area contributed by atoms with Crippen LogP contribution in [0.15, 0.2) is 45.9 Å². The lowest BCUT2D eigenvalue weighted by molar-refractivity contribution is -0.120. The van der Waals surface area contributed by atoms with Gasteiger partial charge in [0, 0.05) is 5.56 Å². The maximum absolute atomic E-state index is 13.0. The molecule has 2 amide bonds. The van der Waals surface area contributed by atoms with E-state index in [1.807, 2.05) is 22.6 Å². The summed E-state index contributed by atoms with van der Waals surface area (Å²) in [6.07, 6.45) is 1.34. The number of nitrogens with zero attached hydrogens (tertiary/aromatic N) is 1. The fourth-order valence-corrected chi connectivity index (χ4v) is 1.93. The molecule has 114 valence electrons. The normalized spacial score (nSPS) is 10.6. The van der Waals surface area contributed by atoms with Crippen LogP contribution < -0.4 is 10.7 Å². The van der Waals surface area contributed by atoms with Crippen LogP contribution in [0.25, 0.3) is 0 Å². The topological polar surface area (TPSA) is 83.7 Å². The van der Waals surface area contributed by atoms with Crippen LogP contribution in [-0.2, 0) is 4.79 Å². The minimum Gasteiger partial charge on any atom is -0.449 e. The Morgan fingerprint density at radius 1 is 1.32 bits per heavy atom. The summed E-state index contributed by atoms with van der Waals surface area (Å²) in [6.45, 7) is -0.275. The molecular weight excluding hydrogens is 404 g/mol. The van der Waals surface area contributed by atoms with Crippen molar-refractivity contribution in [2.75, 3.05) is 6.54 Å². The lowest BCUT2D eigenvalue weighted by Gasteiger charge is -2.04. The number of benzene rings is 1. The number of hydrogen-bond acceptors (Lipinski definition) is 4. The molecule has 0 unspecified atom stereocenters. The van der Waals surface area contributed by atoms with E-state index in [9.17, 15) is 14.0 Å². The first kappa shape index (κ1) is 16.1. The average molecular weight is 415 g/mol. The van der Waals surface area contributed by atoms with Gasteiger partial charge in [-0.25, -0.2) is 9.82 Å². The third kappa shape index (κ3) is 4.95. The fraction of sp³-hybridized carbons (Fsp3) is 0.0714. The number of hydrazone groups is 1. The van der Waals surface area contributed by atoms with Crippen LogP contribution in [0.5, 0.6) is 0 Å². The molecule has 22 heavy (non-hydrogen) atoms. The van der Waals surface area contributed by atoms with E-state index in [0.29, 0.717) is 9.53 Å². The molecule has 0 aliphatic heterocycles. The highest BCUT2D eigenvalue weighted by atomic mass is 127. The molecule has 1 aromatic heterocycles. The minimum atomic E-state index is -0.542. The molecule has 2 rings (SSSR count). The summed E-state index contributed by atoms with van der Waals surface area (Å²) in [5, 5.41) is 6.05. The van der Waals surface area contributed by atoms with Crippen LogP contribution in [0.2, 0.25) is 0 Å². The first-order chi connectivity index (χ1) is 10.5. The first-order valence-electron chi connectivity index (χ1n) is 6.15. The van der Waals surface area contributed by atoms with Crippen molar-refractivity contribution >= 4 is 40.6 Å². The Morgan fingerprint density at radius 2 is 2.14 bits per heavy atom. The summed E-state index contributed by atoms with van der Waals surface area (Å²) in [5.74, 6) is -1.08. The molecule has 6 nitrogen and oxygen atoms in total. The monoisotopic (exact) mass is 415 g/mol. The zero-order valence-corrected chi connectivity index (χ0v) is 13.3. The van der Waals surface area contributed by atoms with E-state index < -0.39 is 17.6 Å². The second-order valence-corrected chi connectivity index (χ2v) is 5.19. The number of rotatable bonds is 5. The maximum Gasteiger partial charge on any atom is 0.259 e. The van der Waals surface area contributed by atoms with Gasteiger partial charge in [-0.1, -0.05) is 6.07 Å². The SMILES string of the molecule is O=C(CNC(=O)c1cccc(F)c1)N/N=C/c1ccc(I)o1. The Kier molecular flexibility index (Phi) is 5.64. The van der Waals surface area contributed by atoms with Crippen molar-refractivity contribution in [2.45, 2.75) is 0 Å². The molecule has 1 heterocycles. The summed E-state index contributed by atoms with van der Waals surface area (Å²) in [6, 6.07) is 8.64. The van der Waals surface area contributed by atoms with Gasteiger partial charge in [0.2, 0.25) is 0 Å². The number of carbonyl (C=O) groups excluding carboxylic acids is 2. The molecule has 2 N–H and O–H groups in total. The molecule has 0 saturated heterocycles. The summed E-state index contributed by atoms with van der Waals surface area (Å²) in [4.78, 5) is 23.2. The highest BCUT2D eigenvalue weighted by Gasteiger charge is 2.08. The van der Waals surface area contributed by atoms with Gasteiger partial charge in [-0.3, -0.25) is 9.59 Å². The zero-order chi connectivity index (χ0) is 15.9. The molecule has 0 fully saturated rings. The Labute approximate surface area is 138 Å². The largest absolute Gasteiger partial charge is 0.449 e. The van der Waals surface area contributed by atoms with Crippen molar-refractivity contribution in [1.82, 2.24) is 10.7 Å². The minimum absolute atomic E-state index is 0.140. The second kappa shape index (κ2) is 7.69. The van der Waals surface area contributed by atoms with Gasteiger partial charge in [0.1, 0.15) is 11.6 Å². The highest BCUT2D eigenvalue weighted by molar-refractivity contribution is 14.1. The van der Waals surface area contributed by atoms with Crippen LogP contribution >= 0.6 is 22.6 Å². The number of carbonyl (C=O) groups is 2. The Balaban J connectivity index is 1.78. The molecule has 0 atom stereocenters. The Bertz CT molecular complexity index is 715. The van der Waals surface area contributed by atoms with Gasteiger partial charge in [-0.2, -0.15) is 5.10 Å². The average Bonchev–Trinajstić information content (AvgIpc) is 2.90. The fourth-order valence-electron chi connectivity index (χ4n) is 1.50. The van der Waals surface area contributed by atoms with E-state index in [1.165, 1.54) is 24.4 Å². The second-order valence-electron chi connectivity index (χ2n) is 4.13. The predicted octanol–water partition coefficient (Wildman–Crippen LogP) is 1.90. The van der Waals surface area contributed by atoms with Crippen molar-refractivity contribution in [3.8, 4) is 0 Å². The predicted molar refractivity (Wildman–Crippen MR) is 85.9 cm³/mol. The molecule has 0 spiro atoms. The van der Waals surface area contributed by atoms with E-state index >= 15 is 0 Å². The number of halogens is 2. The summed E-state index contributed by atoms with van der Waals surface area (Å²) >= 11 is 2.00. The van der Waals surface area contributed by atoms with E-state index in [4.69, 9.17) is 4.42 Å². The Hall–Kier alpha value is -2.23. The quantitative estimate of drug-likeness (QED) is 0.445. The molecule has 0 saturated carbocycles. The van der Waals surface area contributed by atoms with E-state index in [-0.39, 0.29) is 12.1 Å². The maximum atomic E-state index is 13.0. The van der Waals surface area contributed by atoms with Gasteiger partial charge < -0.3 is 9.73 Å². The molecule has 2 aromatic rings. The van der Waals surface area contributed by atoms with E-state index in [2.05, 4.69) is 15.8 Å². The molecule has 0 aliphatic rings. The molecule has 1 aromatic carbocycles. The standard InChI is InChI=1S/C14H11FIN3O3/c15-10-3-1-2-9(6-10)14(21)17-8-13(20)19-18-7-11-4-5-12(16)22-11/h1-7H,8H2,(H,17,21)(H,19,20)/b18-7+. The van der Waals surface area contributed by atoms with Crippen molar-refractivity contribution in [3.63, 3.8) is 0 Å². The van der Waals surface area contributed by atoms with Gasteiger partial charge in [-0.15, -0.1) is 0 Å². The van der Waals surface area contributed by atoms with E-state index in [1.54, 1.807) is 12.1 Å². The van der Waals surface area contributed by atoms with Crippen LogP contribution in [-0.4, -0.2) is 24.6 Å². The smallest absolute Gasteiger partial charge is 0.259 e. The summed E-state index contributed by atoms with van der Waals surface area (Å²) in [5.41, 5.74) is 2.38. The van der Waals surface area contributed by atoms with Crippen LogP contribution in [0.3, 0.4) is 0 Å². The Morgan fingerprint density at radius 3 is 2.82 bits per heavy atom. The number of amides is 2. The third-order valence-corrected chi connectivity index (χ3v) is 3.05. The first-order valence-corrected chi connectivity index (χ1v) is 7.23. The molecule has 0 aliphatic carbocycles. The molecule has 0 radical (unpaired) electrons. The number of nitrogens with one attached hydrogen (secondary N) is 2. The molecule has 8 heteroatoms. The summed E-state index contributed by atoms with van der Waals surface area (Å²) < 4.78 is 18.9. The van der Waals surface area contributed by atoms with Crippen molar-refractivity contribution < 1.29 is 18.4 Å². The lowest BCUT2D eigenvalue weighted by atomic mass is 10.2. The van der Waals surface area contributed by atoms with Gasteiger partial charge in [0.05, 0.1) is 12.8 Å². The molecule has 0 bridgehead atoms. The number of furan rings is 1. The molecular formula is C14H11FIN3O3. The number of hydrogen-bond donors (Lipinski definition) is 2. The third-order valence-electron chi connectivity index (χ3n) is 2.47. The van der Waals surface area contributed by atoms with Crippen molar-refractivity contribution in [2.24, 2.45) is 5.10 Å². The van der Waals surface area contributed by atoms with Crippen LogP contribution in [0.4, 0.5) is 4.39 Å². The van der Waals surface area contributed by atoms with Crippen molar-refractivity contribution in [3.05, 3.63) is 57.3 Å². The van der Waals surface area contributed by atoms with Crippen LogP contribution in [0, 0.1) is 9.58 Å².